The van der Waals surface area contributed by atoms with Crippen molar-refractivity contribution in [3.05, 3.63) is 11.1 Å². The molecule has 0 aromatic heterocycles. The predicted molar refractivity (Wildman–Crippen MR) is 106 cm³/mol. The molecule has 3 aliphatic heterocycles. The summed E-state index contributed by atoms with van der Waals surface area (Å²) >= 11 is 0. The fraction of sp³-hybridized carbons (Fsp3) is 0.750. The first-order chi connectivity index (χ1) is 13.3. The number of rotatable bonds is 4. The Morgan fingerprint density at radius 2 is 2.07 bits per heavy atom. The maximum absolute atomic E-state index is 12.7. The molecule has 3 heterocycles. The molecule has 0 bridgehead atoms. The number of hydrogen-bond donors (Lipinski definition) is 5. The Labute approximate surface area is 166 Å². The zero-order chi connectivity index (χ0) is 20.4. The highest BCUT2D eigenvalue weighted by Gasteiger charge is 2.39. The predicted octanol–water partition coefficient (Wildman–Crippen LogP) is -0.259. The highest BCUT2D eigenvalue weighted by molar-refractivity contribution is 6.00. The quantitative estimate of drug-likeness (QED) is 0.453. The topological polar surface area (TPSA) is 118 Å². The Hall–Kier alpha value is -1.95. The number of carbonyl (C=O) groups is 2. The third-order valence-corrected chi connectivity index (χ3v) is 6.46. The van der Waals surface area contributed by atoms with E-state index >= 15 is 0 Å². The second kappa shape index (κ2) is 8.60. The molecule has 28 heavy (non-hydrogen) atoms. The molecule has 0 saturated carbocycles. The molecule has 0 radical (unpaired) electrons. The van der Waals surface area contributed by atoms with Gasteiger partial charge in [-0.05, 0) is 40.7 Å². The number of nitriles is 1. The number of amides is 2. The second-order valence-electron chi connectivity index (χ2n) is 8.41. The molecule has 2 saturated heterocycles. The van der Waals surface area contributed by atoms with Crippen LogP contribution in [0.5, 0.6) is 0 Å². The Bertz CT molecular complexity index is 699. The van der Waals surface area contributed by atoms with Gasteiger partial charge in [-0.25, -0.2) is 0 Å². The van der Waals surface area contributed by atoms with E-state index in [1.54, 1.807) is 0 Å². The van der Waals surface area contributed by atoms with Gasteiger partial charge in [-0.1, -0.05) is 5.57 Å². The van der Waals surface area contributed by atoms with Gasteiger partial charge in [0.2, 0.25) is 11.8 Å². The van der Waals surface area contributed by atoms with E-state index in [0.29, 0.717) is 12.1 Å². The van der Waals surface area contributed by atoms with Gasteiger partial charge in [-0.2, -0.15) is 5.26 Å². The van der Waals surface area contributed by atoms with Crippen LogP contribution in [0.15, 0.2) is 11.1 Å². The van der Waals surface area contributed by atoms with Crippen molar-refractivity contribution in [2.75, 3.05) is 13.1 Å². The van der Waals surface area contributed by atoms with Crippen LogP contribution in [0.25, 0.3) is 0 Å². The van der Waals surface area contributed by atoms with Crippen LogP contribution in [0.4, 0.5) is 0 Å². The van der Waals surface area contributed by atoms with E-state index in [1.807, 2.05) is 20.8 Å². The van der Waals surface area contributed by atoms with Crippen LogP contribution in [0.1, 0.15) is 40.5 Å². The average molecular weight is 389 g/mol. The first-order valence-corrected chi connectivity index (χ1v) is 10.2. The van der Waals surface area contributed by atoms with Crippen molar-refractivity contribution in [1.29, 1.82) is 5.26 Å². The van der Waals surface area contributed by atoms with Gasteiger partial charge in [-0.3, -0.25) is 20.2 Å². The van der Waals surface area contributed by atoms with Gasteiger partial charge < -0.3 is 16.0 Å². The lowest BCUT2D eigenvalue weighted by molar-refractivity contribution is -0.124. The summed E-state index contributed by atoms with van der Waals surface area (Å²) in [7, 11) is 0. The van der Waals surface area contributed by atoms with Crippen molar-refractivity contribution < 1.29 is 9.59 Å². The van der Waals surface area contributed by atoms with E-state index in [2.05, 4.69) is 39.6 Å². The summed E-state index contributed by atoms with van der Waals surface area (Å²) < 4.78 is 0. The molecule has 3 aliphatic rings. The smallest absolute Gasteiger partial charge is 0.247 e. The average Bonchev–Trinajstić information content (AvgIpc) is 2.64. The van der Waals surface area contributed by atoms with E-state index in [9.17, 15) is 9.59 Å². The highest BCUT2D eigenvalue weighted by atomic mass is 16.2. The molecule has 6 unspecified atom stereocenters. The Balaban J connectivity index is 1.61. The van der Waals surface area contributed by atoms with E-state index in [4.69, 9.17) is 5.26 Å². The molecule has 0 aliphatic carbocycles. The van der Waals surface area contributed by atoms with E-state index in [1.165, 1.54) is 0 Å². The van der Waals surface area contributed by atoms with Gasteiger partial charge in [0.1, 0.15) is 0 Å². The van der Waals surface area contributed by atoms with Gasteiger partial charge in [0.05, 0.1) is 30.6 Å². The molecule has 0 aromatic carbocycles. The molecule has 3 rings (SSSR count). The van der Waals surface area contributed by atoms with Crippen molar-refractivity contribution in [1.82, 2.24) is 26.6 Å². The minimum Gasteiger partial charge on any atom is -0.350 e. The highest BCUT2D eigenvalue weighted by Crippen LogP contribution is 2.32. The molecule has 8 heteroatoms. The summed E-state index contributed by atoms with van der Waals surface area (Å²) in [6.45, 7) is 9.51. The molecule has 0 spiro atoms. The maximum Gasteiger partial charge on any atom is 0.247 e. The molecule has 8 nitrogen and oxygen atoms in total. The fourth-order valence-electron chi connectivity index (χ4n) is 4.73. The van der Waals surface area contributed by atoms with Crippen molar-refractivity contribution in [2.24, 2.45) is 11.8 Å². The molecular weight excluding hydrogens is 356 g/mol. The minimum atomic E-state index is -0.162. The van der Waals surface area contributed by atoms with Crippen LogP contribution >= 0.6 is 0 Å². The standard InChI is InChI=1S/C20H32N6O2/c1-10-15(20(28)26-16-5-6-22-12(3)18(10)16)7-17(27)24-13(4)19-23-9-14(8-21)11(2)25-19/h11-14,16,18-19,22-23,25H,5-7,9H2,1-4H3,(H,24,27)(H,26,28)/t11?,12?,13-,14?,16?,18?,19?/m1/s1. The number of nitrogens with one attached hydrogen (secondary N) is 5. The summed E-state index contributed by atoms with van der Waals surface area (Å²) in [6.07, 6.45) is 0.891. The lowest BCUT2D eigenvalue weighted by Crippen LogP contribution is -2.64. The van der Waals surface area contributed by atoms with Crippen molar-refractivity contribution in [3.63, 3.8) is 0 Å². The minimum absolute atomic E-state index is 0.0573. The van der Waals surface area contributed by atoms with Gasteiger partial charge in [0, 0.05) is 36.2 Å². The molecule has 2 fully saturated rings. The van der Waals surface area contributed by atoms with Crippen molar-refractivity contribution in [2.45, 2.75) is 70.9 Å². The summed E-state index contributed by atoms with van der Waals surface area (Å²) in [6, 6.07) is 2.60. The van der Waals surface area contributed by atoms with Gasteiger partial charge in [-0.15, -0.1) is 0 Å². The van der Waals surface area contributed by atoms with Crippen LogP contribution < -0.4 is 26.6 Å². The summed E-state index contributed by atoms with van der Waals surface area (Å²) in [5, 5.41) is 25.3. The zero-order valence-corrected chi connectivity index (χ0v) is 17.1. The number of piperidine rings is 1. The second-order valence-corrected chi connectivity index (χ2v) is 8.41. The third kappa shape index (κ3) is 4.22. The Morgan fingerprint density at radius 3 is 2.75 bits per heavy atom. The lowest BCUT2D eigenvalue weighted by Gasteiger charge is -2.42. The molecule has 0 aromatic rings. The van der Waals surface area contributed by atoms with Crippen LogP contribution in [0, 0.1) is 23.2 Å². The van der Waals surface area contributed by atoms with Crippen LogP contribution in [-0.2, 0) is 9.59 Å². The maximum atomic E-state index is 12.7. The molecule has 7 atom stereocenters. The SMILES string of the molecule is CC1=C(CC(=O)N[C@H](C)C2NCC(C#N)C(C)N2)C(=O)NC2CCNC(C)C12. The van der Waals surface area contributed by atoms with Crippen LogP contribution in [0.2, 0.25) is 0 Å². The van der Waals surface area contributed by atoms with Gasteiger partial charge in [0.25, 0.3) is 0 Å². The van der Waals surface area contributed by atoms with Crippen molar-refractivity contribution >= 4 is 11.8 Å². The van der Waals surface area contributed by atoms with Crippen LogP contribution in [-0.4, -0.2) is 55.2 Å². The molecular formula is C20H32N6O2. The summed E-state index contributed by atoms with van der Waals surface area (Å²) in [4.78, 5) is 25.2. The molecule has 2 amide bonds. The monoisotopic (exact) mass is 388 g/mol. The number of fused-ring (bicyclic) bond motifs is 1. The Kier molecular flexibility index (Phi) is 6.38. The fourth-order valence-corrected chi connectivity index (χ4v) is 4.73. The summed E-state index contributed by atoms with van der Waals surface area (Å²) in [5.74, 6) is -0.130. The molecule has 154 valence electrons. The van der Waals surface area contributed by atoms with Gasteiger partial charge >= 0.3 is 0 Å². The zero-order valence-electron chi connectivity index (χ0n) is 17.1. The Morgan fingerprint density at radius 1 is 1.32 bits per heavy atom. The third-order valence-electron chi connectivity index (χ3n) is 6.46. The number of carbonyl (C=O) groups excluding carboxylic acids is 2. The first-order valence-electron chi connectivity index (χ1n) is 10.2. The largest absolute Gasteiger partial charge is 0.350 e. The summed E-state index contributed by atoms with van der Waals surface area (Å²) in [5.41, 5.74) is 1.61. The number of hydrogen-bond acceptors (Lipinski definition) is 6. The normalized spacial score (nSPS) is 36.8. The lowest BCUT2D eigenvalue weighted by atomic mass is 9.76. The van der Waals surface area contributed by atoms with E-state index < -0.39 is 0 Å². The van der Waals surface area contributed by atoms with Crippen molar-refractivity contribution in [3.8, 4) is 6.07 Å². The first kappa shape index (κ1) is 20.8. The van der Waals surface area contributed by atoms with Crippen LogP contribution in [0.3, 0.4) is 0 Å². The van der Waals surface area contributed by atoms with E-state index in [0.717, 1.165) is 18.5 Å². The number of nitrogens with zero attached hydrogens (tertiary/aromatic N) is 1. The molecule has 5 N–H and O–H groups in total. The van der Waals surface area contributed by atoms with E-state index in [-0.39, 0.29) is 60.4 Å². The van der Waals surface area contributed by atoms with Gasteiger partial charge in [0.15, 0.2) is 0 Å².